The predicted octanol–water partition coefficient (Wildman–Crippen LogP) is 6.45. The SMILES string of the molecule is Cc1cc(/C=N\NC(=O)c2ccc(CN3CCC(Cc4ccccc4)CC3)cc2)c(C)n1-c1ccccc1F. The molecule has 1 aliphatic heterocycles. The van der Waals surface area contributed by atoms with Crippen molar-refractivity contribution in [3.05, 3.63) is 124 Å². The second-order valence-electron chi connectivity index (χ2n) is 10.4. The van der Waals surface area contributed by atoms with Crippen LogP contribution in [0.4, 0.5) is 4.39 Å². The molecule has 0 spiro atoms. The average Bonchev–Trinajstić information content (AvgIpc) is 3.23. The van der Waals surface area contributed by atoms with E-state index in [9.17, 15) is 9.18 Å². The quantitative estimate of drug-likeness (QED) is 0.214. The molecule has 0 atom stereocenters. The number of likely N-dealkylation sites (tertiary alicyclic amines) is 1. The third kappa shape index (κ3) is 6.52. The van der Waals surface area contributed by atoms with E-state index < -0.39 is 0 Å². The highest BCUT2D eigenvalue weighted by atomic mass is 19.1. The number of piperidine rings is 1. The Morgan fingerprint density at radius 1 is 0.949 bits per heavy atom. The molecule has 1 amide bonds. The Labute approximate surface area is 230 Å². The normalized spacial score (nSPS) is 14.6. The van der Waals surface area contributed by atoms with Crippen molar-refractivity contribution in [3.8, 4) is 5.69 Å². The van der Waals surface area contributed by atoms with Gasteiger partial charge in [0.25, 0.3) is 5.91 Å². The van der Waals surface area contributed by atoms with Crippen molar-refractivity contribution in [3.63, 3.8) is 0 Å². The summed E-state index contributed by atoms with van der Waals surface area (Å²) in [6.45, 7) is 6.94. The van der Waals surface area contributed by atoms with Gasteiger partial charge < -0.3 is 4.57 Å². The van der Waals surface area contributed by atoms with Gasteiger partial charge in [-0.2, -0.15) is 5.10 Å². The minimum Gasteiger partial charge on any atom is -0.315 e. The molecule has 5 nitrogen and oxygen atoms in total. The lowest BCUT2D eigenvalue weighted by Gasteiger charge is -2.32. The van der Waals surface area contributed by atoms with Gasteiger partial charge in [0, 0.05) is 29.1 Å². The van der Waals surface area contributed by atoms with E-state index in [1.54, 1.807) is 18.3 Å². The van der Waals surface area contributed by atoms with Gasteiger partial charge in [-0.25, -0.2) is 9.82 Å². The highest BCUT2D eigenvalue weighted by Crippen LogP contribution is 2.24. The fraction of sp³-hybridized carbons (Fsp3) is 0.273. The maximum absolute atomic E-state index is 14.3. The third-order valence-corrected chi connectivity index (χ3v) is 7.63. The predicted molar refractivity (Wildman–Crippen MR) is 155 cm³/mol. The van der Waals surface area contributed by atoms with Gasteiger partial charge in [-0.05, 0) is 93.6 Å². The van der Waals surface area contributed by atoms with Crippen LogP contribution in [0.5, 0.6) is 0 Å². The zero-order chi connectivity index (χ0) is 27.2. The smallest absolute Gasteiger partial charge is 0.271 e. The first-order valence-corrected chi connectivity index (χ1v) is 13.6. The van der Waals surface area contributed by atoms with Gasteiger partial charge in [-0.1, -0.05) is 54.6 Å². The first-order chi connectivity index (χ1) is 19.0. The Bertz CT molecular complexity index is 1430. The Balaban J connectivity index is 1.12. The van der Waals surface area contributed by atoms with Crippen molar-refractivity contribution in [1.29, 1.82) is 0 Å². The molecule has 5 rings (SSSR count). The number of halogens is 1. The number of hydrogen-bond donors (Lipinski definition) is 1. The number of hydrazone groups is 1. The molecule has 3 aromatic carbocycles. The highest BCUT2D eigenvalue weighted by molar-refractivity contribution is 5.95. The fourth-order valence-corrected chi connectivity index (χ4v) is 5.46. The van der Waals surface area contributed by atoms with Crippen LogP contribution in [0, 0.1) is 25.6 Å². The van der Waals surface area contributed by atoms with Crippen LogP contribution in [0.1, 0.15) is 51.3 Å². The summed E-state index contributed by atoms with van der Waals surface area (Å²) in [5.74, 6) is 0.204. The van der Waals surface area contributed by atoms with E-state index in [4.69, 9.17) is 0 Å². The molecule has 1 fully saturated rings. The van der Waals surface area contributed by atoms with Crippen LogP contribution < -0.4 is 5.43 Å². The summed E-state index contributed by atoms with van der Waals surface area (Å²) in [4.78, 5) is 15.2. The van der Waals surface area contributed by atoms with Gasteiger partial charge in [-0.15, -0.1) is 0 Å². The first kappa shape index (κ1) is 26.6. The number of aromatic nitrogens is 1. The van der Waals surface area contributed by atoms with E-state index in [-0.39, 0.29) is 11.7 Å². The third-order valence-electron chi connectivity index (χ3n) is 7.63. The van der Waals surface area contributed by atoms with Crippen LogP contribution in [-0.4, -0.2) is 34.7 Å². The van der Waals surface area contributed by atoms with E-state index in [1.165, 1.54) is 30.0 Å². The molecule has 1 aromatic heterocycles. The lowest BCUT2D eigenvalue weighted by atomic mass is 9.90. The summed E-state index contributed by atoms with van der Waals surface area (Å²) >= 11 is 0. The summed E-state index contributed by atoms with van der Waals surface area (Å²) in [5, 5.41) is 4.16. The number of aryl methyl sites for hydroxylation is 1. The number of nitrogens with zero attached hydrogens (tertiary/aromatic N) is 3. The molecule has 0 radical (unpaired) electrons. The van der Waals surface area contributed by atoms with Crippen molar-refractivity contribution in [2.24, 2.45) is 11.0 Å². The molecule has 200 valence electrons. The Morgan fingerprint density at radius 3 is 2.36 bits per heavy atom. The molecular weight excluding hydrogens is 487 g/mol. The number of carbonyl (C=O) groups excluding carboxylic acids is 1. The van der Waals surface area contributed by atoms with Crippen molar-refractivity contribution in [1.82, 2.24) is 14.9 Å². The summed E-state index contributed by atoms with van der Waals surface area (Å²) in [6, 6.07) is 27.1. The van der Waals surface area contributed by atoms with E-state index >= 15 is 0 Å². The van der Waals surface area contributed by atoms with Gasteiger partial charge >= 0.3 is 0 Å². The first-order valence-electron chi connectivity index (χ1n) is 13.6. The van der Waals surface area contributed by atoms with Crippen LogP contribution in [-0.2, 0) is 13.0 Å². The van der Waals surface area contributed by atoms with Crippen LogP contribution in [0.2, 0.25) is 0 Å². The molecule has 1 aliphatic rings. The second kappa shape index (κ2) is 12.2. The largest absolute Gasteiger partial charge is 0.315 e. The van der Waals surface area contributed by atoms with Crippen LogP contribution >= 0.6 is 0 Å². The minimum absolute atomic E-state index is 0.262. The van der Waals surface area contributed by atoms with Crippen molar-refractivity contribution in [2.45, 2.75) is 39.7 Å². The zero-order valence-electron chi connectivity index (χ0n) is 22.6. The van der Waals surface area contributed by atoms with Gasteiger partial charge in [0.15, 0.2) is 0 Å². The van der Waals surface area contributed by atoms with Gasteiger partial charge in [0.05, 0.1) is 11.9 Å². The number of hydrogen-bond acceptors (Lipinski definition) is 3. The number of rotatable bonds is 8. The average molecular weight is 523 g/mol. The lowest BCUT2D eigenvalue weighted by Crippen LogP contribution is -2.33. The second-order valence-corrected chi connectivity index (χ2v) is 10.4. The summed E-state index contributed by atoms with van der Waals surface area (Å²) in [7, 11) is 0. The minimum atomic E-state index is -0.285. The molecule has 1 saturated heterocycles. The van der Waals surface area contributed by atoms with Crippen molar-refractivity contribution < 1.29 is 9.18 Å². The molecule has 0 bridgehead atoms. The number of amides is 1. The standard InChI is InChI=1S/C33H35FN4O/c1-24-20-30(25(2)38(24)32-11-7-6-10-31(32)34)22-35-36-33(39)29-14-12-28(13-15-29)23-37-18-16-27(17-19-37)21-26-8-4-3-5-9-26/h3-15,20,22,27H,16-19,21,23H2,1-2H3,(H,36,39)/b35-22-. The summed E-state index contributed by atoms with van der Waals surface area (Å²) in [6.07, 6.45) is 5.21. The Morgan fingerprint density at radius 2 is 1.64 bits per heavy atom. The molecule has 0 unspecified atom stereocenters. The number of nitrogens with one attached hydrogen (secondary N) is 1. The zero-order valence-corrected chi connectivity index (χ0v) is 22.6. The molecule has 39 heavy (non-hydrogen) atoms. The summed E-state index contributed by atoms with van der Waals surface area (Å²) in [5.41, 5.74) is 8.87. The molecule has 0 aliphatic carbocycles. The number of para-hydroxylation sites is 1. The molecule has 2 heterocycles. The fourth-order valence-electron chi connectivity index (χ4n) is 5.46. The number of benzene rings is 3. The van der Waals surface area contributed by atoms with Crippen LogP contribution in [0.15, 0.2) is 90.0 Å². The molecule has 6 heteroatoms. The van der Waals surface area contributed by atoms with Crippen molar-refractivity contribution in [2.75, 3.05) is 13.1 Å². The molecule has 4 aromatic rings. The highest BCUT2D eigenvalue weighted by Gasteiger charge is 2.19. The maximum atomic E-state index is 14.3. The van der Waals surface area contributed by atoms with Crippen LogP contribution in [0.3, 0.4) is 0 Å². The van der Waals surface area contributed by atoms with E-state index in [1.807, 2.05) is 54.8 Å². The van der Waals surface area contributed by atoms with E-state index in [2.05, 4.69) is 45.8 Å². The Kier molecular flexibility index (Phi) is 8.33. The van der Waals surface area contributed by atoms with Crippen molar-refractivity contribution >= 4 is 12.1 Å². The van der Waals surface area contributed by atoms with Gasteiger partial charge in [0.2, 0.25) is 0 Å². The monoisotopic (exact) mass is 522 g/mol. The van der Waals surface area contributed by atoms with Gasteiger partial charge in [-0.3, -0.25) is 9.69 Å². The lowest BCUT2D eigenvalue weighted by molar-refractivity contribution is 0.0955. The van der Waals surface area contributed by atoms with Crippen LogP contribution in [0.25, 0.3) is 5.69 Å². The van der Waals surface area contributed by atoms with Gasteiger partial charge in [0.1, 0.15) is 5.82 Å². The summed E-state index contributed by atoms with van der Waals surface area (Å²) < 4.78 is 16.2. The maximum Gasteiger partial charge on any atom is 0.271 e. The molecule has 1 N–H and O–H groups in total. The molecule has 0 saturated carbocycles. The van der Waals surface area contributed by atoms with E-state index in [0.717, 1.165) is 48.9 Å². The Hall–Kier alpha value is -4.03. The van der Waals surface area contributed by atoms with E-state index in [0.29, 0.717) is 11.3 Å². The number of carbonyl (C=O) groups is 1. The topological polar surface area (TPSA) is 49.6 Å². The molecular formula is C33H35FN4O.